The first-order valence-corrected chi connectivity index (χ1v) is 9.70. The van der Waals surface area contributed by atoms with E-state index < -0.39 is 0 Å². The Bertz CT molecular complexity index is 749. The lowest BCUT2D eigenvalue weighted by Gasteiger charge is -2.21. The topological polar surface area (TPSA) is 49.2 Å². The van der Waals surface area contributed by atoms with E-state index in [-0.39, 0.29) is 0 Å². The maximum Gasteiger partial charge on any atom is 0.216 e. The fourth-order valence-corrected chi connectivity index (χ4v) is 3.71. The smallest absolute Gasteiger partial charge is 0.216 e. The van der Waals surface area contributed by atoms with Crippen LogP contribution in [0, 0.1) is 4.77 Å². The van der Waals surface area contributed by atoms with Gasteiger partial charge in [-0.1, -0.05) is 31.4 Å². The van der Waals surface area contributed by atoms with Gasteiger partial charge in [0.25, 0.3) is 0 Å². The van der Waals surface area contributed by atoms with Crippen LogP contribution in [-0.2, 0) is 0 Å². The van der Waals surface area contributed by atoms with Crippen LogP contribution in [0.15, 0.2) is 29.4 Å². The molecule has 0 unspecified atom stereocenters. The van der Waals surface area contributed by atoms with Gasteiger partial charge in [-0.2, -0.15) is 14.9 Å². The molecule has 1 N–H and O–H groups in total. The summed E-state index contributed by atoms with van der Waals surface area (Å²) in [7, 11) is 0. The van der Waals surface area contributed by atoms with Crippen molar-refractivity contribution in [3.8, 4) is 0 Å². The third kappa shape index (κ3) is 4.18. The van der Waals surface area contributed by atoms with Gasteiger partial charge < -0.3 is 4.90 Å². The maximum absolute atomic E-state index is 5.37. The van der Waals surface area contributed by atoms with Gasteiger partial charge in [0, 0.05) is 24.7 Å². The summed E-state index contributed by atoms with van der Waals surface area (Å²) >= 11 is 5.37. The molecule has 1 fully saturated rings. The molecule has 3 rings (SSSR count). The Labute approximate surface area is 154 Å². The number of nitrogens with zero attached hydrogens (tertiary/aromatic N) is 4. The largest absolute Gasteiger partial charge is 0.372 e. The van der Waals surface area contributed by atoms with Crippen LogP contribution >= 0.6 is 12.2 Å². The second kappa shape index (κ2) is 8.43. The second-order valence-electron chi connectivity index (χ2n) is 6.54. The van der Waals surface area contributed by atoms with Gasteiger partial charge in [0.1, 0.15) is 0 Å². The molecule has 0 aliphatic heterocycles. The van der Waals surface area contributed by atoms with Gasteiger partial charge in [-0.3, -0.25) is 5.10 Å². The predicted molar refractivity (Wildman–Crippen MR) is 106 cm³/mol. The molecule has 1 aromatic heterocycles. The fraction of sp³-hybridized carbons (Fsp3) is 0.526. The summed E-state index contributed by atoms with van der Waals surface area (Å²) in [5.74, 6) is 1.43. The van der Waals surface area contributed by atoms with Crippen molar-refractivity contribution < 1.29 is 0 Å². The zero-order valence-electron chi connectivity index (χ0n) is 15.1. The lowest BCUT2D eigenvalue weighted by Crippen LogP contribution is -2.21. The van der Waals surface area contributed by atoms with E-state index in [0.29, 0.717) is 10.7 Å². The highest BCUT2D eigenvalue weighted by Crippen LogP contribution is 2.31. The average Bonchev–Trinajstić information content (AvgIpc) is 3.03. The normalized spacial score (nSPS) is 15.8. The predicted octanol–water partition coefficient (Wildman–Crippen LogP) is 4.72. The van der Waals surface area contributed by atoms with Gasteiger partial charge in [-0.05, 0) is 56.6 Å². The molecule has 1 aromatic carbocycles. The van der Waals surface area contributed by atoms with Crippen LogP contribution in [-0.4, -0.2) is 34.2 Å². The molecule has 0 saturated heterocycles. The van der Waals surface area contributed by atoms with E-state index >= 15 is 0 Å². The number of hydrogen-bond acceptors (Lipinski definition) is 4. The van der Waals surface area contributed by atoms with Crippen molar-refractivity contribution in [2.75, 3.05) is 18.0 Å². The number of aromatic amines is 1. The van der Waals surface area contributed by atoms with Crippen molar-refractivity contribution in [1.29, 1.82) is 0 Å². The van der Waals surface area contributed by atoms with E-state index in [0.717, 1.165) is 24.5 Å². The SMILES string of the molecule is CCN(CC)c1ccc(/C=N/n2c(C3CCCCC3)n[nH]c2=S)cc1. The number of hydrogen-bond donors (Lipinski definition) is 1. The number of nitrogens with one attached hydrogen (secondary N) is 1. The number of anilines is 1. The zero-order valence-corrected chi connectivity index (χ0v) is 15.9. The Morgan fingerprint density at radius 2 is 1.88 bits per heavy atom. The summed E-state index contributed by atoms with van der Waals surface area (Å²) in [6.07, 6.45) is 8.07. The molecular weight excluding hydrogens is 330 g/mol. The Kier molecular flexibility index (Phi) is 6.02. The van der Waals surface area contributed by atoms with Crippen LogP contribution in [0.25, 0.3) is 0 Å². The lowest BCUT2D eigenvalue weighted by atomic mass is 9.89. The zero-order chi connectivity index (χ0) is 17.6. The molecule has 2 aromatic rings. The van der Waals surface area contributed by atoms with Crippen molar-refractivity contribution in [3.63, 3.8) is 0 Å². The molecule has 6 heteroatoms. The van der Waals surface area contributed by atoms with E-state index in [1.54, 1.807) is 4.68 Å². The Morgan fingerprint density at radius 3 is 2.52 bits per heavy atom. The minimum atomic E-state index is 0.462. The van der Waals surface area contributed by atoms with E-state index in [9.17, 15) is 0 Å². The summed E-state index contributed by atoms with van der Waals surface area (Å²) < 4.78 is 2.36. The van der Waals surface area contributed by atoms with Crippen molar-refractivity contribution >= 4 is 24.1 Å². The monoisotopic (exact) mass is 357 g/mol. The third-order valence-electron chi connectivity index (χ3n) is 4.99. The van der Waals surface area contributed by atoms with Crippen LogP contribution in [0.4, 0.5) is 5.69 Å². The van der Waals surface area contributed by atoms with E-state index in [1.165, 1.54) is 37.8 Å². The van der Waals surface area contributed by atoms with E-state index in [1.807, 2.05) is 6.21 Å². The molecule has 1 aliphatic rings. The summed E-state index contributed by atoms with van der Waals surface area (Å²) in [5.41, 5.74) is 2.30. The first-order chi connectivity index (χ1) is 12.2. The van der Waals surface area contributed by atoms with E-state index in [2.05, 4.69) is 58.3 Å². The minimum absolute atomic E-state index is 0.462. The first kappa shape index (κ1) is 17.9. The molecule has 1 heterocycles. The first-order valence-electron chi connectivity index (χ1n) is 9.29. The molecule has 1 aliphatic carbocycles. The van der Waals surface area contributed by atoms with Crippen LogP contribution in [0.2, 0.25) is 0 Å². The van der Waals surface area contributed by atoms with Gasteiger partial charge in [0.05, 0.1) is 6.21 Å². The molecule has 0 amide bonds. The fourth-order valence-electron chi connectivity index (χ4n) is 3.52. The summed E-state index contributed by atoms with van der Waals surface area (Å²) in [6.45, 7) is 6.37. The van der Waals surface area contributed by atoms with Crippen LogP contribution in [0.1, 0.15) is 63.3 Å². The number of aromatic nitrogens is 3. The average molecular weight is 358 g/mol. The Morgan fingerprint density at radius 1 is 1.20 bits per heavy atom. The highest BCUT2D eigenvalue weighted by molar-refractivity contribution is 7.71. The van der Waals surface area contributed by atoms with Crippen molar-refractivity contribution in [3.05, 3.63) is 40.4 Å². The van der Waals surface area contributed by atoms with Crippen molar-refractivity contribution in [2.45, 2.75) is 51.9 Å². The molecular formula is C19H27N5S. The van der Waals surface area contributed by atoms with Gasteiger partial charge in [0.2, 0.25) is 4.77 Å². The highest BCUT2D eigenvalue weighted by atomic mass is 32.1. The molecule has 0 radical (unpaired) electrons. The van der Waals surface area contributed by atoms with Crippen LogP contribution < -0.4 is 4.90 Å². The second-order valence-corrected chi connectivity index (χ2v) is 6.93. The lowest BCUT2D eigenvalue weighted by molar-refractivity contribution is 0.419. The number of H-pyrrole nitrogens is 1. The molecule has 25 heavy (non-hydrogen) atoms. The number of benzene rings is 1. The highest BCUT2D eigenvalue weighted by Gasteiger charge is 2.21. The molecule has 0 atom stereocenters. The van der Waals surface area contributed by atoms with Crippen LogP contribution in [0.3, 0.4) is 0 Å². The van der Waals surface area contributed by atoms with Gasteiger partial charge in [-0.25, -0.2) is 0 Å². The molecule has 0 bridgehead atoms. The van der Waals surface area contributed by atoms with Gasteiger partial charge in [-0.15, -0.1) is 0 Å². The maximum atomic E-state index is 5.37. The standard InChI is InChI=1S/C19H27N5S/c1-3-23(4-2)17-12-10-15(11-13-17)14-20-24-18(21-22-19(24)25)16-8-6-5-7-9-16/h10-14,16H,3-9H2,1-2H3,(H,22,25)/b20-14+. The molecule has 134 valence electrons. The van der Waals surface area contributed by atoms with Crippen molar-refractivity contribution in [2.24, 2.45) is 5.10 Å². The van der Waals surface area contributed by atoms with Gasteiger partial charge >= 0.3 is 0 Å². The molecule has 1 saturated carbocycles. The molecule has 0 spiro atoms. The summed E-state index contributed by atoms with van der Waals surface area (Å²) in [5, 5.41) is 11.9. The quantitative estimate of drug-likeness (QED) is 0.601. The summed E-state index contributed by atoms with van der Waals surface area (Å²) in [4.78, 5) is 2.33. The molecule has 5 nitrogen and oxygen atoms in total. The third-order valence-corrected chi connectivity index (χ3v) is 5.25. The number of rotatable bonds is 6. The van der Waals surface area contributed by atoms with Gasteiger partial charge in [0.15, 0.2) is 5.82 Å². The Hall–Kier alpha value is -1.95. The summed E-state index contributed by atoms with van der Waals surface area (Å²) in [6, 6.07) is 8.48. The van der Waals surface area contributed by atoms with Crippen LogP contribution in [0.5, 0.6) is 0 Å². The van der Waals surface area contributed by atoms with E-state index in [4.69, 9.17) is 12.2 Å². The van der Waals surface area contributed by atoms with Crippen molar-refractivity contribution in [1.82, 2.24) is 14.9 Å². The minimum Gasteiger partial charge on any atom is -0.372 e. The Balaban J connectivity index is 1.78.